The van der Waals surface area contributed by atoms with E-state index in [2.05, 4.69) is 15.5 Å². The fourth-order valence-corrected chi connectivity index (χ4v) is 4.87. The molecular formula is C27H35N5O4. The zero-order valence-electron chi connectivity index (χ0n) is 21.2. The minimum atomic E-state index is -0.783. The van der Waals surface area contributed by atoms with Gasteiger partial charge in [0.1, 0.15) is 17.8 Å². The molecule has 2 N–H and O–H groups in total. The standard InChI is InChI=1S/C27H35N5O4/c1-4-20(2)28-24(33)18-31-19-32(22-8-6-5-7-9-22)27(25(31)34)14-16-30(17-15-27)26(35)29-21-10-12-23(36-3)13-11-21/h5-13,20H,4,14-19H2,1-3H3,(H,28,33)(H,29,35). The first kappa shape index (κ1) is 25.3. The predicted octanol–water partition coefficient (Wildman–Crippen LogP) is 3.28. The molecule has 2 aromatic carbocycles. The Morgan fingerprint density at radius 2 is 1.72 bits per heavy atom. The number of hydrogen-bond donors (Lipinski definition) is 2. The molecule has 4 rings (SSSR count). The lowest BCUT2D eigenvalue weighted by Gasteiger charge is -2.43. The molecule has 2 saturated heterocycles. The van der Waals surface area contributed by atoms with Crippen molar-refractivity contribution in [2.75, 3.05) is 43.6 Å². The summed E-state index contributed by atoms with van der Waals surface area (Å²) < 4.78 is 5.17. The van der Waals surface area contributed by atoms with Crippen LogP contribution in [-0.2, 0) is 9.59 Å². The molecule has 2 aromatic rings. The lowest BCUT2D eigenvalue weighted by Crippen LogP contribution is -2.58. The maximum absolute atomic E-state index is 13.8. The van der Waals surface area contributed by atoms with E-state index in [0.717, 1.165) is 17.9 Å². The highest BCUT2D eigenvalue weighted by atomic mass is 16.5. The molecule has 4 amide bonds. The number of methoxy groups -OCH3 is 1. The molecule has 1 spiro atoms. The first-order valence-corrected chi connectivity index (χ1v) is 12.5. The van der Waals surface area contributed by atoms with Gasteiger partial charge in [-0.2, -0.15) is 0 Å². The number of urea groups is 1. The Hall–Kier alpha value is -3.75. The van der Waals surface area contributed by atoms with Crippen LogP contribution in [0.1, 0.15) is 33.1 Å². The number of carbonyl (C=O) groups is 3. The van der Waals surface area contributed by atoms with Crippen LogP contribution in [-0.4, -0.2) is 72.6 Å². The first-order valence-electron chi connectivity index (χ1n) is 12.5. The molecule has 0 aliphatic carbocycles. The maximum Gasteiger partial charge on any atom is 0.321 e. The molecule has 36 heavy (non-hydrogen) atoms. The normalized spacial score (nSPS) is 17.8. The van der Waals surface area contributed by atoms with E-state index in [-0.39, 0.29) is 30.4 Å². The van der Waals surface area contributed by atoms with Crippen LogP contribution >= 0.6 is 0 Å². The molecule has 1 atom stereocenters. The highest BCUT2D eigenvalue weighted by molar-refractivity contribution is 5.97. The van der Waals surface area contributed by atoms with Gasteiger partial charge in [-0.05, 0) is 62.6 Å². The molecule has 9 nitrogen and oxygen atoms in total. The van der Waals surface area contributed by atoms with Gasteiger partial charge in [-0.3, -0.25) is 9.59 Å². The molecule has 2 aliphatic heterocycles. The maximum atomic E-state index is 13.8. The summed E-state index contributed by atoms with van der Waals surface area (Å²) in [6, 6.07) is 16.8. The zero-order chi connectivity index (χ0) is 25.7. The van der Waals surface area contributed by atoms with Crippen molar-refractivity contribution in [2.24, 2.45) is 0 Å². The van der Waals surface area contributed by atoms with E-state index in [1.165, 1.54) is 0 Å². The number of carbonyl (C=O) groups excluding carboxylic acids is 3. The zero-order valence-corrected chi connectivity index (χ0v) is 21.2. The largest absolute Gasteiger partial charge is 0.497 e. The van der Waals surface area contributed by atoms with E-state index in [1.54, 1.807) is 41.2 Å². The van der Waals surface area contributed by atoms with Crippen molar-refractivity contribution in [1.29, 1.82) is 0 Å². The Balaban J connectivity index is 1.47. The lowest BCUT2D eigenvalue weighted by molar-refractivity contribution is -0.137. The summed E-state index contributed by atoms with van der Waals surface area (Å²) in [5.41, 5.74) is 0.837. The molecule has 9 heteroatoms. The van der Waals surface area contributed by atoms with Gasteiger partial charge in [-0.25, -0.2) is 4.79 Å². The Labute approximate surface area is 212 Å². The van der Waals surface area contributed by atoms with Crippen LogP contribution in [0.25, 0.3) is 0 Å². The molecule has 0 radical (unpaired) electrons. The summed E-state index contributed by atoms with van der Waals surface area (Å²) >= 11 is 0. The van der Waals surface area contributed by atoms with E-state index in [9.17, 15) is 14.4 Å². The van der Waals surface area contributed by atoms with Crippen LogP contribution in [0.3, 0.4) is 0 Å². The van der Waals surface area contributed by atoms with Crippen molar-refractivity contribution >= 4 is 29.2 Å². The highest BCUT2D eigenvalue weighted by Gasteiger charge is 2.54. The Morgan fingerprint density at radius 3 is 2.33 bits per heavy atom. The van der Waals surface area contributed by atoms with E-state index in [0.29, 0.717) is 38.3 Å². The number of rotatable bonds is 7. The van der Waals surface area contributed by atoms with Crippen LogP contribution in [0, 0.1) is 0 Å². The number of nitrogens with zero attached hydrogens (tertiary/aromatic N) is 3. The smallest absolute Gasteiger partial charge is 0.321 e. The van der Waals surface area contributed by atoms with Crippen molar-refractivity contribution in [3.05, 3.63) is 54.6 Å². The third-order valence-electron chi connectivity index (χ3n) is 7.16. The summed E-state index contributed by atoms with van der Waals surface area (Å²) in [4.78, 5) is 44.7. The number of hydrogen-bond acceptors (Lipinski definition) is 5. The number of anilines is 2. The molecule has 0 saturated carbocycles. The molecule has 0 aromatic heterocycles. The third kappa shape index (κ3) is 5.24. The summed E-state index contributed by atoms with van der Waals surface area (Å²) in [5, 5.41) is 5.88. The van der Waals surface area contributed by atoms with Crippen LogP contribution in [0.5, 0.6) is 5.75 Å². The molecule has 1 unspecified atom stereocenters. The van der Waals surface area contributed by atoms with Crippen LogP contribution < -0.4 is 20.3 Å². The number of amides is 4. The Bertz CT molecular complexity index is 1070. The molecule has 2 aliphatic rings. The molecular weight excluding hydrogens is 458 g/mol. The topological polar surface area (TPSA) is 94.2 Å². The second kappa shape index (κ2) is 10.9. The van der Waals surface area contributed by atoms with Crippen molar-refractivity contribution in [3.63, 3.8) is 0 Å². The lowest BCUT2D eigenvalue weighted by atomic mass is 9.85. The second-order valence-corrected chi connectivity index (χ2v) is 9.46. The van der Waals surface area contributed by atoms with E-state index < -0.39 is 5.54 Å². The van der Waals surface area contributed by atoms with Gasteiger partial charge in [-0.1, -0.05) is 25.1 Å². The monoisotopic (exact) mass is 493 g/mol. The quantitative estimate of drug-likeness (QED) is 0.617. The molecule has 192 valence electrons. The first-order chi connectivity index (χ1) is 17.4. The Kier molecular flexibility index (Phi) is 7.67. The van der Waals surface area contributed by atoms with Gasteiger partial charge in [0.15, 0.2) is 0 Å². The number of likely N-dealkylation sites (tertiary alicyclic amines) is 1. The van der Waals surface area contributed by atoms with Crippen molar-refractivity contribution in [1.82, 2.24) is 15.1 Å². The van der Waals surface area contributed by atoms with E-state index in [1.807, 2.05) is 44.2 Å². The van der Waals surface area contributed by atoms with E-state index >= 15 is 0 Å². The van der Waals surface area contributed by atoms with Gasteiger partial charge in [0.05, 0.1) is 13.8 Å². The SMILES string of the molecule is CCC(C)NC(=O)CN1CN(c2ccccc2)C2(CCN(C(=O)Nc3ccc(OC)cc3)CC2)C1=O. The average molecular weight is 494 g/mol. The fourth-order valence-electron chi connectivity index (χ4n) is 4.87. The van der Waals surface area contributed by atoms with Gasteiger partial charge < -0.3 is 30.1 Å². The predicted molar refractivity (Wildman–Crippen MR) is 139 cm³/mol. The molecule has 2 heterocycles. The van der Waals surface area contributed by atoms with Crippen molar-refractivity contribution in [2.45, 2.75) is 44.7 Å². The number of ether oxygens (including phenoxy) is 1. The number of nitrogens with one attached hydrogen (secondary N) is 2. The third-order valence-corrected chi connectivity index (χ3v) is 7.16. The summed E-state index contributed by atoms with van der Waals surface area (Å²) in [5.74, 6) is 0.510. The minimum absolute atomic E-state index is 0.0237. The molecule has 2 fully saturated rings. The minimum Gasteiger partial charge on any atom is -0.497 e. The van der Waals surface area contributed by atoms with Crippen molar-refractivity contribution < 1.29 is 19.1 Å². The Morgan fingerprint density at radius 1 is 1.06 bits per heavy atom. The van der Waals surface area contributed by atoms with E-state index in [4.69, 9.17) is 4.74 Å². The van der Waals surface area contributed by atoms with Gasteiger partial charge in [0, 0.05) is 30.5 Å². The number of benzene rings is 2. The van der Waals surface area contributed by atoms with Gasteiger partial charge in [0.2, 0.25) is 5.91 Å². The van der Waals surface area contributed by atoms with Crippen molar-refractivity contribution in [3.8, 4) is 5.75 Å². The number of para-hydroxylation sites is 1. The van der Waals surface area contributed by atoms with Gasteiger partial charge in [-0.15, -0.1) is 0 Å². The second-order valence-electron chi connectivity index (χ2n) is 9.46. The summed E-state index contributed by atoms with van der Waals surface area (Å²) in [6.45, 7) is 5.20. The van der Waals surface area contributed by atoms with Crippen LogP contribution in [0.4, 0.5) is 16.2 Å². The average Bonchev–Trinajstić information content (AvgIpc) is 3.15. The highest BCUT2D eigenvalue weighted by Crippen LogP contribution is 2.39. The van der Waals surface area contributed by atoms with Gasteiger partial charge >= 0.3 is 6.03 Å². The van der Waals surface area contributed by atoms with Gasteiger partial charge in [0.25, 0.3) is 5.91 Å². The van der Waals surface area contributed by atoms with Crippen LogP contribution in [0.15, 0.2) is 54.6 Å². The van der Waals surface area contributed by atoms with Crippen LogP contribution in [0.2, 0.25) is 0 Å². The number of piperidine rings is 1. The fraction of sp³-hybridized carbons (Fsp3) is 0.444. The summed E-state index contributed by atoms with van der Waals surface area (Å²) in [6.07, 6.45) is 1.80. The summed E-state index contributed by atoms with van der Waals surface area (Å²) in [7, 11) is 1.60. The molecule has 0 bridgehead atoms.